The molecule has 0 atom stereocenters. The Balaban J connectivity index is 2.34. The SMILES string of the molecule is CC(C)(C)OC(=O)NCC=C=Cc1ccccc1. The molecule has 0 spiro atoms. The quantitative estimate of drug-likeness (QED) is 0.829. The molecule has 0 saturated carbocycles. The standard InChI is InChI=1S/C15H19NO2/c1-15(2,3)18-14(17)16-12-8-7-11-13-9-5-4-6-10-13/h4-6,8-11H,12H2,1-3H3,(H,16,17). The fourth-order valence-corrected chi connectivity index (χ4v) is 1.21. The van der Waals surface area contributed by atoms with E-state index in [4.69, 9.17) is 4.74 Å². The smallest absolute Gasteiger partial charge is 0.407 e. The largest absolute Gasteiger partial charge is 0.444 e. The molecule has 0 aliphatic heterocycles. The minimum absolute atomic E-state index is 0.401. The summed E-state index contributed by atoms with van der Waals surface area (Å²) in [4.78, 5) is 11.3. The third-order valence-electron chi connectivity index (χ3n) is 1.91. The van der Waals surface area contributed by atoms with Crippen molar-refractivity contribution in [2.24, 2.45) is 0 Å². The summed E-state index contributed by atoms with van der Waals surface area (Å²) < 4.78 is 5.09. The van der Waals surface area contributed by atoms with E-state index < -0.39 is 11.7 Å². The monoisotopic (exact) mass is 245 g/mol. The van der Waals surface area contributed by atoms with Crippen molar-refractivity contribution in [3.8, 4) is 0 Å². The molecular formula is C15H19NO2. The number of carbonyl (C=O) groups is 1. The molecule has 1 amide bonds. The van der Waals surface area contributed by atoms with Crippen LogP contribution in [0, 0.1) is 0 Å². The zero-order chi connectivity index (χ0) is 13.4. The lowest BCUT2D eigenvalue weighted by molar-refractivity contribution is 0.0534. The van der Waals surface area contributed by atoms with Gasteiger partial charge in [-0.15, -0.1) is 5.73 Å². The summed E-state index contributed by atoms with van der Waals surface area (Å²) in [7, 11) is 0. The number of alkyl carbamates (subject to hydrolysis) is 1. The Labute approximate surface area is 108 Å². The van der Waals surface area contributed by atoms with E-state index >= 15 is 0 Å². The maximum atomic E-state index is 11.3. The van der Waals surface area contributed by atoms with E-state index in [0.717, 1.165) is 5.56 Å². The molecule has 0 saturated heterocycles. The zero-order valence-electron chi connectivity index (χ0n) is 11.1. The van der Waals surface area contributed by atoms with Crippen LogP contribution in [0.5, 0.6) is 0 Å². The average molecular weight is 245 g/mol. The summed E-state index contributed by atoms with van der Waals surface area (Å²) in [6, 6.07) is 9.87. The van der Waals surface area contributed by atoms with Gasteiger partial charge >= 0.3 is 6.09 Å². The van der Waals surface area contributed by atoms with Crippen molar-refractivity contribution in [2.45, 2.75) is 26.4 Å². The Morgan fingerprint density at radius 3 is 2.61 bits per heavy atom. The van der Waals surface area contributed by atoms with E-state index in [1.54, 1.807) is 6.08 Å². The van der Waals surface area contributed by atoms with Gasteiger partial charge < -0.3 is 10.1 Å². The summed E-state index contributed by atoms with van der Waals surface area (Å²) in [5.74, 6) is 0. The van der Waals surface area contributed by atoms with Gasteiger partial charge in [-0.05, 0) is 38.5 Å². The van der Waals surface area contributed by atoms with Crippen LogP contribution in [0.3, 0.4) is 0 Å². The zero-order valence-corrected chi connectivity index (χ0v) is 11.1. The highest BCUT2D eigenvalue weighted by Crippen LogP contribution is 2.06. The number of rotatable bonds is 3. The Hall–Kier alpha value is -1.99. The van der Waals surface area contributed by atoms with Crippen molar-refractivity contribution < 1.29 is 9.53 Å². The molecule has 0 aliphatic rings. The van der Waals surface area contributed by atoms with Gasteiger partial charge in [0.05, 0.1) is 0 Å². The Bertz CT molecular complexity index is 437. The molecule has 0 heterocycles. The molecule has 0 bridgehead atoms. The van der Waals surface area contributed by atoms with Crippen molar-refractivity contribution in [3.05, 3.63) is 47.7 Å². The number of hydrogen-bond acceptors (Lipinski definition) is 2. The highest BCUT2D eigenvalue weighted by molar-refractivity contribution is 5.67. The summed E-state index contributed by atoms with van der Waals surface area (Å²) in [5, 5.41) is 2.63. The maximum Gasteiger partial charge on any atom is 0.407 e. The van der Waals surface area contributed by atoms with Crippen molar-refractivity contribution in [3.63, 3.8) is 0 Å². The fourth-order valence-electron chi connectivity index (χ4n) is 1.21. The predicted molar refractivity (Wildman–Crippen MR) is 73.2 cm³/mol. The molecule has 1 N–H and O–H groups in total. The van der Waals surface area contributed by atoms with Gasteiger partial charge in [0.25, 0.3) is 0 Å². The predicted octanol–water partition coefficient (Wildman–Crippen LogP) is 3.38. The van der Waals surface area contributed by atoms with Crippen molar-refractivity contribution in [2.75, 3.05) is 6.54 Å². The molecule has 3 nitrogen and oxygen atoms in total. The molecule has 1 aromatic rings. The third-order valence-corrected chi connectivity index (χ3v) is 1.91. The normalized spacial score (nSPS) is 10.2. The Morgan fingerprint density at radius 1 is 1.33 bits per heavy atom. The van der Waals surface area contributed by atoms with Gasteiger partial charge in [-0.2, -0.15) is 0 Å². The van der Waals surface area contributed by atoms with E-state index in [0.29, 0.717) is 6.54 Å². The minimum Gasteiger partial charge on any atom is -0.444 e. The second-order valence-corrected chi connectivity index (χ2v) is 4.81. The van der Waals surface area contributed by atoms with Crippen LogP contribution in [-0.2, 0) is 4.74 Å². The van der Waals surface area contributed by atoms with Crippen molar-refractivity contribution >= 4 is 12.2 Å². The van der Waals surface area contributed by atoms with E-state index in [9.17, 15) is 4.79 Å². The van der Waals surface area contributed by atoms with Crippen LogP contribution >= 0.6 is 0 Å². The molecule has 0 unspecified atom stereocenters. The van der Waals surface area contributed by atoms with Crippen LogP contribution in [0.25, 0.3) is 6.08 Å². The van der Waals surface area contributed by atoms with Crippen molar-refractivity contribution in [1.82, 2.24) is 5.32 Å². The second-order valence-electron chi connectivity index (χ2n) is 4.81. The first-order chi connectivity index (χ1) is 8.47. The van der Waals surface area contributed by atoms with Crippen LogP contribution in [0.2, 0.25) is 0 Å². The number of amides is 1. The van der Waals surface area contributed by atoms with Gasteiger partial charge in [-0.3, -0.25) is 0 Å². The molecule has 0 radical (unpaired) electrons. The topological polar surface area (TPSA) is 38.3 Å². The minimum atomic E-state index is -0.465. The van der Waals surface area contributed by atoms with Gasteiger partial charge in [0.15, 0.2) is 0 Å². The number of benzene rings is 1. The molecule has 1 aromatic carbocycles. The van der Waals surface area contributed by atoms with Crippen LogP contribution in [0.1, 0.15) is 26.3 Å². The molecule has 18 heavy (non-hydrogen) atoms. The first kappa shape index (κ1) is 14.1. The van der Waals surface area contributed by atoms with Gasteiger partial charge in [0.1, 0.15) is 5.60 Å². The molecule has 3 heteroatoms. The lowest BCUT2D eigenvalue weighted by atomic mass is 10.2. The van der Waals surface area contributed by atoms with Crippen LogP contribution in [0.15, 0.2) is 42.1 Å². The summed E-state index contributed by atoms with van der Waals surface area (Å²) >= 11 is 0. The Kier molecular flexibility index (Phi) is 5.22. The molecule has 0 fully saturated rings. The van der Waals surface area contributed by atoms with Crippen LogP contribution in [-0.4, -0.2) is 18.2 Å². The fraction of sp³-hybridized carbons (Fsp3) is 0.333. The highest BCUT2D eigenvalue weighted by Gasteiger charge is 2.14. The summed E-state index contributed by atoms with van der Waals surface area (Å²) in [5.41, 5.74) is 3.61. The number of ether oxygens (including phenoxy) is 1. The first-order valence-corrected chi connectivity index (χ1v) is 5.90. The maximum absolute atomic E-state index is 11.3. The van der Waals surface area contributed by atoms with Crippen molar-refractivity contribution in [1.29, 1.82) is 0 Å². The van der Waals surface area contributed by atoms with Gasteiger partial charge in [0.2, 0.25) is 0 Å². The van der Waals surface area contributed by atoms with Crippen LogP contribution in [0.4, 0.5) is 4.79 Å². The van der Waals surface area contributed by atoms with Gasteiger partial charge in [-0.1, -0.05) is 30.3 Å². The van der Waals surface area contributed by atoms with Crippen LogP contribution < -0.4 is 5.32 Å². The molecule has 0 aromatic heterocycles. The third kappa shape index (κ3) is 6.56. The highest BCUT2D eigenvalue weighted by atomic mass is 16.6. The van der Waals surface area contributed by atoms with E-state index in [1.807, 2.05) is 57.2 Å². The van der Waals surface area contributed by atoms with E-state index in [2.05, 4.69) is 11.0 Å². The van der Waals surface area contributed by atoms with Gasteiger partial charge in [0, 0.05) is 6.54 Å². The lowest BCUT2D eigenvalue weighted by Crippen LogP contribution is -2.32. The molecule has 96 valence electrons. The first-order valence-electron chi connectivity index (χ1n) is 5.90. The van der Waals surface area contributed by atoms with E-state index in [1.165, 1.54) is 0 Å². The molecular weight excluding hydrogens is 226 g/mol. The molecule has 1 rings (SSSR count). The van der Waals surface area contributed by atoms with Gasteiger partial charge in [-0.25, -0.2) is 4.79 Å². The Morgan fingerprint density at radius 2 is 2.00 bits per heavy atom. The summed E-state index contributed by atoms with van der Waals surface area (Å²) in [6.07, 6.45) is 3.19. The summed E-state index contributed by atoms with van der Waals surface area (Å²) in [6.45, 7) is 5.89. The molecule has 0 aliphatic carbocycles. The second kappa shape index (κ2) is 6.67. The average Bonchev–Trinajstić information content (AvgIpc) is 2.27. The number of carbonyl (C=O) groups excluding carboxylic acids is 1. The van der Waals surface area contributed by atoms with E-state index in [-0.39, 0.29) is 0 Å². The number of hydrogen-bond donors (Lipinski definition) is 1. The number of nitrogens with one attached hydrogen (secondary N) is 1. The lowest BCUT2D eigenvalue weighted by Gasteiger charge is -2.19.